The molecule has 0 aromatic carbocycles. The van der Waals surface area contributed by atoms with Crippen LogP contribution in [0.25, 0.3) is 0 Å². The van der Waals surface area contributed by atoms with E-state index in [1.165, 1.54) is 22.7 Å². The van der Waals surface area contributed by atoms with Crippen LogP contribution in [0.2, 0.25) is 0 Å². The van der Waals surface area contributed by atoms with Gasteiger partial charge in [-0.15, -0.1) is 11.3 Å². The molecule has 0 amide bonds. The average Bonchev–Trinajstić information content (AvgIpc) is 2.89. The van der Waals surface area contributed by atoms with Gasteiger partial charge in [-0.05, 0) is 39.6 Å². The lowest BCUT2D eigenvalue weighted by molar-refractivity contribution is 0.223. The SMILES string of the molecule is Cc1ccc(C(CN)N2CCC(N(C)C)C2)s1. The van der Waals surface area contributed by atoms with Crippen LogP contribution in [0.1, 0.15) is 22.2 Å². The van der Waals surface area contributed by atoms with Gasteiger partial charge in [0, 0.05) is 35.4 Å². The van der Waals surface area contributed by atoms with Crippen LogP contribution in [-0.4, -0.2) is 49.6 Å². The molecule has 2 atom stereocenters. The number of likely N-dealkylation sites (tertiary alicyclic amines) is 1. The van der Waals surface area contributed by atoms with E-state index in [0.717, 1.165) is 13.1 Å². The fraction of sp³-hybridized carbons (Fsp3) is 0.692. The number of nitrogens with two attached hydrogens (primary N) is 1. The van der Waals surface area contributed by atoms with Gasteiger partial charge in [0.05, 0.1) is 6.04 Å². The van der Waals surface area contributed by atoms with E-state index < -0.39 is 0 Å². The quantitative estimate of drug-likeness (QED) is 0.886. The summed E-state index contributed by atoms with van der Waals surface area (Å²) in [6.45, 7) is 5.20. The van der Waals surface area contributed by atoms with Crippen molar-refractivity contribution in [3.8, 4) is 0 Å². The number of thiophene rings is 1. The highest BCUT2D eigenvalue weighted by molar-refractivity contribution is 7.12. The largest absolute Gasteiger partial charge is 0.329 e. The Morgan fingerprint density at radius 3 is 2.76 bits per heavy atom. The standard InChI is InChI=1S/C13H23N3S/c1-10-4-5-13(17-10)12(8-14)16-7-6-11(9-16)15(2)3/h4-5,11-12H,6-9,14H2,1-3H3. The van der Waals surface area contributed by atoms with Gasteiger partial charge in [-0.2, -0.15) is 0 Å². The lowest BCUT2D eigenvalue weighted by atomic mass is 10.2. The molecule has 1 saturated heterocycles. The fourth-order valence-electron chi connectivity index (χ4n) is 2.55. The van der Waals surface area contributed by atoms with Crippen LogP contribution in [0.15, 0.2) is 12.1 Å². The number of aryl methyl sites for hydroxylation is 1. The van der Waals surface area contributed by atoms with Crippen LogP contribution in [0.4, 0.5) is 0 Å². The Morgan fingerprint density at radius 1 is 1.53 bits per heavy atom. The summed E-state index contributed by atoms with van der Waals surface area (Å²) in [5.74, 6) is 0. The van der Waals surface area contributed by atoms with Crippen LogP contribution < -0.4 is 5.73 Å². The van der Waals surface area contributed by atoms with Crippen molar-refractivity contribution in [2.75, 3.05) is 33.7 Å². The number of hydrogen-bond donors (Lipinski definition) is 1. The summed E-state index contributed by atoms with van der Waals surface area (Å²) >= 11 is 1.88. The summed E-state index contributed by atoms with van der Waals surface area (Å²) < 4.78 is 0. The highest BCUT2D eigenvalue weighted by atomic mass is 32.1. The molecule has 17 heavy (non-hydrogen) atoms. The zero-order chi connectivity index (χ0) is 12.4. The second kappa shape index (κ2) is 5.48. The van der Waals surface area contributed by atoms with Crippen molar-refractivity contribution < 1.29 is 0 Å². The molecule has 0 spiro atoms. The van der Waals surface area contributed by atoms with Crippen molar-refractivity contribution in [2.24, 2.45) is 5.73 Å². The van der Waals surface area contributed by atoms with E-state index in [9.17, 15) is 0 Å². The smallest absolute Gasteiger partial charge is 0.0564 e. The van der Waals surface area contributed by atoms with Crippen molar-refractivity contribution in [2.45, 2.75) is 25.4 Å². The van der Waals surface area contributed by atoms with E-state index in [1.54, 1.807) is 0 Å². The Kier molecular flexibility index (Phi) is 4.20. The van der Waals surface area contributed by atoms with Crippen LogP contribution in [0.5, 0.6) is 0 Å². The minimum atomic E-state index is 0.415. The Bertz CT molecular complexity index is 361. The molecule has 1 fully saturated rings. The van der Waals surface area contributed by atoms with Gasteiger partial charge in [-0.3, -0.25) is 4.90 Å². The van der Waals surface area contributed by atoms with E-state index >= 15 is 0 Å². The van der Waals surface area contributed by atoms with Crippen molar-refractivity contribution in [1.29, 1.82) is 0 Å². The van der Waals surface area contributed by atoms with Crippen molar-refractivity contribution in [1.82, 2.24) is 9.80 Å². The van der Waals surface area contributed by atoms with Gasteiger partial charge in [0.25, 0.3) is 0 Å². The Labute approximate surface area is 108 Å². The molecule has 0 bridgehead atoms. The zero-order valence-electron chi connectivity index (χ0n) is 11.0. The third-order valence-electron chi connectivity index (χ3n) is 3.68. The number of likely N-dealkylation sites (N-methyl/N-ethyl adjacent to an activating group) is 1. The lowest BCUT2D eigenvalue weighted by Gasteiger charge is -2.27. The first kappa shape index (κ1) is 13.0. The Hall–Kier alpha value is -0.420. The molecule has 2 unspecified atom stereocenters. The molecule has 2 heterocycles. The van der Waals surface area contributed by atoms with Gasteiger partial charge < -0.3 is 10.6 Å². The monoisotopic (exact) mass is 253 g/mol. The van der Waals surface area contributed by atoms with E-state index in [4.69, 9.17) is 5.73 Å². The highest BCUT2D eigenvalue weighted by Gasteiger charge is 2.29. The van der Waals surface area contributed by atoms with Gasteiger partial charge in [0.15, 0.2) is 0 Å². The second-order valence-corrected chi connectivity index (χ2v) is 6.42. The van der Waals surface area contributed by atoms with Crippen molar-refractivity contribution in [3.63, 3.8) is 0 Å². The molecule has 2 rings (SSSR count). The van der Waals surface area contributed by atoms with Crippen LogP contribution in [0, 0.1) is 6.92 Å². The molecule has 1 aliphatic rings. The van der Waals surface area contributed by atoms with Crippen molar-refractivity contribution in [3.05, 3.63) is 21.9 Å². The summed E-state index contributed by atoms with van der Waals surface area (Å²) in [7, 11) is 4.34. The molecule has 0 radical (unpaired) electrons. The molecular formula is C13H23N3S. The van der Waals surface area contributed by atoms with Crippen LogP contribution in [-0.2, 0) is 0 Å². The predicted octanol–water partition coefficient (Wildman–Crippen LogP) is 1.69. The lowest BCUT2D eigenvalue weighted by Crippen LogP contribution is -2.35. The predicted molar refractivity (Wildman–Crippen MR) is 74.5 cm³/mol. The Balaban J connectivity index is 2.05. The van der Waals surface area contributed by atoms with Gasteiger partial charge >= 0.3 is 0 Å². The van der Waals surface area contributed by atoms with Gasteiger partial charge in [0.1, 0.15) is 0 Å². The topological polar surface area (TPSA) is 32.5 Å². The third-order valence-corrected chi connectivity index (χ3v) is 4.78. The van der Waals surface area contributed by atoms with E-state index in [0.29, 0.717) is 12.1 Å². The molecule has 0 saturated carbocycles. The van der Waals surface area contributed by atoms with E-state index in [1.807, 2.05) is 11.3 Å². The maximum Gasteiger partial charge on any atom is 0.0564 e. The highest BCUT2D eigenvalue weighted by Crippen LogP contribution is 2.30. The van der Waals surface area contributed by atoms with Crippen LogP contribution >= 0.6 is 11.3 Å². The molecule has 2 N–H and O–H groups in total. The minimum absolute atomic E-state index is 0.415. The molecule has 1 aromatic heterocycles. The average molecular weight is 253 g/mol. The number of rotatable bonds is 4. The zero-order valence-corrected chi connectivity index (χ0v) is 11.8. The summed E-state index contributed by atoms with van der Waals surface area (Å²) in [4.78, 5) is 7.66. The van der Waals surface area contributed by atoms with E-state index in [2.05, 4.69) is 43.0 Å². The number of hydrogen-bond acceptors (Lipinski definition) is 4. The number of nitrogens with zero attached hydrogens (tertiary/aromatic N) is 2. The second-order valence-electron chi connectivity index (χ2n) is 5.10. The minimum Gasteiger partial charge on any atom is -0.329 e. The summed E-state index contributed by atoms with van der Waals surface area (Å²) in [6, 6.07) is 5.53. The van der Waals surface area contributed by atoms with Gasteiger partial charge in [-0.1, -0.05) is 0 Å². The molecule has 1 aliphatic heterocycles. The molecule has 1 aromatic rings. The molecular weight excluding hydrogens is 230 g/mol. The maximum atomic E-state index is 5.97. The summed E-state index contributed by atoms with van der Waals surface area (Å²) in [5.41, 5.74) is 5.97. The maximum absolute atomic E-state index is 5.97. The van der Waals surface area contributed by atoms with Gasteiger partial charge in [0.2, 0.25) is 0 Å². The van der Waals surface area contributed by atoms with Crippen LogP contribution in [0.3, 0.4) is 0 Å². The summed E-state index contributed by atoms with van der Waals surface area (Å²) in [5, 5.41) is 0. The first-order valence-corrected chi connectivity index (χ1v) is 7.10. The first-order chi connectivity index (χ1) is 8.11. The molecule has 3 nitrogen and oxygen atoms in total. The fourth-order valence-corrected chi connectivity index (χ4v) is 3.58. The molecule has 0 aliphatic carbocycles. The third kappa shape index (κ3) is 2.88. The first-order valence-electron chi connectivity index (χ1n) is 6.28. The molecule has 4 heteroatoms. The Morgan fingerprint density at radius 2 is 2.29 bits per heavy atom. The molecule has 96 valence electrons. The summed E-state index contributed by atoms with van der Waals surface area (Å²) in [6.07, 6.45) is 1.26. The normalized spacial score (nSPS) is 23.5. The van der Waals surface area contributed by atoms with Crippen molar-refractivity contribution >= 4 is 11.3 Å². The van der Waals surface area contributed by atoms with Gasteiger partial charge in [-0.25, -0.2) is 0 Å². The van der Waals surface area contributed by atoms with E-state index in [-0.39, 0.29) is 0 Å².